The van der Waals surface area contributed by atoms with Gasteiger partial charge in [0.05, 0.1) is 37.2 Å². The fraction of sp³-hybridized carbons (Fsp3) is 0.600. The van der Waals surface area contributed by atoms with Gasteiger partial charge in [-0.3, -0.25) is 24.1 Å². The quantitative estimate of drug-likeness (QED) is 0.140. The molecule has 5 rings (SSSR count). The molecule has 3 amide bonds. The lowest BCUT2D eigenvalue weighted by atomic mass is 9.70. The van der Waals surface area contributed by atoms with Crippen LogP contribution in [0.25, 0.3) is 0 Å². The summed E-state index contributed by atoms with van der Waals surface area (Å²) in [5.74, 6) is -3.20. The second kappa shape index (κ2) is 16.5. The number of rotatable bonds is 17. The Morgan fingerprint density at radius 3 is 2.60 bits per heavy atom. The summed E-state index contributed by atoms with van der Waals surface area (Å²) >= 11 is 3.73. The minimum atomic E-state index is -1.23. The molecule has 1 aromatic rings. The highest BCUT2D eigenvalue weighted by Crippen LogP contribution is 2.60. The maximum atomic E-state index is 14.6. The van der Waals surface area contributed by atoms with E-state index < -0.39 is 47.5 Å². The third kappa shape index (κ3) is 7.55. The standard InChI is InChI=1S/C35H47BrN4O8/c1-3-5-12-27(42)47-23-26(24-10-7-6-8-11-24)37-32(43)28-29-33(44)40(14-9-19-41)31(35(29)22-25(36)30(28)48-35)34(45)39(13-4-2)16-15-38-17-20-46-21-18-38/h3-4,6-8,10-11,25-26,28-31,41H,1-2,5,9,12-23H2,(H,37,43)/t25?,26-,28+,29-,30+,31+,35-/m0/s1. The number of hydrogen-bond acceptors (Lipinski definition) is 9. The second-order valence-corrected chi connectivity index (χ2v) is 14.0. The Labute approximate surface area is 290 Å². The van der Waals surface area contributed by atoms with Gasteiger partial charge in [-0.1, -0.05) is 58.4 Å². The second-order valence-electron chi connectivity index (χ2n) is 12.8. The van der Waals surface area contributed by atoms with Crippen molar-refractivity contribution in [3.05, 3.63) is 61.2 Å². The topological polar surface area (TPSA) is 138 Å². The van der Waals surface area contributed by atoms with Crippen LogP contribution in [-0.4, -0.2) is 132 Å². The summed E-state index contributed by atoms with van der Waals surface area (Å²) in [6.45, 7) is 11.6. The molecule has 4 aliphatic rings. The molecule has 13 heteroatoms. The molecule has 0 radical (unpaired) electrons. The highest BCUT2D eigenvalue weighted by molar-refractivity contribution is 9.09. The van der Waals surface area contributed by atoms with Crippen LogP contribution < -0.4 is 5.32 Å². The number of hydrogen-bond donors (Lipinski definition) is 2. The number of likely N-dealkylation sites (tertiary alicyclic amines) is 1. The molecule has 7 atom stereocenters. The predicted molar refractivity (Wildman–Crippen MR) is 181 cm³/mol. The van der Waals surface area contributed by atoms with E-state index in [1.165, 1.54) is 4.90 Å². The van der Waals surface area contributed by atoms with Crippen molar-refractivity contribution in [1.82, 2.24) is 20.0 Å². The third-order valence-corrected chi connectivity index (χ3v) is 10.7. The zero-order chi connectivity index (χ0) is 34.3. The number of benzene rings is 1. The van der Waals surface area contributed by atoms with Crippen LogP contribution in [0.5, 0.6) is 0 Å². The van der Waals surface area contributed by atoms with E-state index in [1.54, 1.807) is 17.1 Å². The van der Waals surface area contributed by atoms with Crippen LogP contribution in [-0.2, 0) is 33.4 Å². The molecule has 1 aromatic carbocycles. The molecule has 12 nitrogen and oxygen atoms in total. The SMILES string of the molecule is C=CCCC(=O)OC[C@H](NC(=O)[C@H]1[C@@H]2O[C@@]3(CC2Br)[C@@H]1C(=O)N(CCCO)[C@@H]3C(=O)N(CC=C)CCN1CCOCC1)c1ccccc1. The van der Waals surface area contributed by atoms with Gasteiger partial charge in [-0.15, -0.1) is 13.2 Å². The highest BCUT2D eigenvalue weighted by atomic mass is 79.9. The molecule has 2 bridgehead atoms. The molecule has 0 aliphatic carbocycles. The average molecular weight is 732 g/mol. The molecule has 48 heavy (non-hydrogen) atoms. The lowest BCUT2D eigenvalue weighted by Crippen LogP contribution is -2.58. The van der Waals surface area contributed by atoms with E-state index in [-0.39, 0.29) is 55.8 Å². The summed E-state index contributed by atoms with van der Waals surface area (Å²) in [6.07, 6.45) is 3.96. The molecule has 2 N–H and O–H groups in total. The van der Waals surface area contributed by atoms with Gasteiger partial charge in [0.1, 0.15) is 18.2 Å². The Morgan fingerprint density at radius 2 is 1.92 bits per heavy atom. The number of aliphatic hydroxyl groups is 1. The van der Waals surface area contributed by atoms with Crippen molar-refractivity contribution >= 4 is 39.6 Å². The Balaban J connectivity index is 1.40. The lowest BCUT2D eigenvalue weighted by molar-refractivity contribution is -0.148. The third-order valence-electron chi connectivity index (χ3n) is 9.82. The minimum Gasteiger partial charge on any atom is -0.463 e. The van der Waals surface area contributed by atoms with Gasteiger partial charge in [0.15, 0.2) is 0 Å². The van der Waals surface area contributed by atoms with Gasteiger partial charge in [0, 0.05) is 57.1 Å². The highest BCUT2D eigenvalue weighted by Gasteiger charge is 2.76. The smallest absolute Gasteiger partial charge is 0.306 e. The summed E-state index contributed by atoms with van der Waals surface area (Å²) in [6, 6.07) is 7.57. The molecule has 4 fully saturated rings. The average Bonchev–Trinajstić information content (AvgIpc) is 3.69. The molecular weight excluding hydrogens is 684 g/mol. The van der Waals surface area contributed by atoms with Crippen molar-refractivity contribution in [2.45, 2.75) is 54.3 Å². The molecule has 0 aromatic heterocycles. The first-order valence-electron chi connectivity index (χ1n) is 16.8. The number of nitrogens with one attached hydrogen (secondary N) is 1. The normalized spacial score (nSPS) is 28.5. The van der Waals surface area contributed by atoms with Crippen LogP contribution in [0.4, 0.5) is 0 Å². The van der Waals surface area contributed by atoms with Crippen molar-refractivity contribution in [2.24, 2.45) is 11.8 Å². The Kier molecular flexibility index (Phi) is 12.5. The van der Waals surface area contributed by atoms with E-state index in [0.717, 1.165) is 18.7 Å². The number of ether oxygens (including phenoxy) is 3. The van der Waals surface area contributed by atoms with Crippen molar-refractivity contribution < 1.29 is 38.5 Å². The van der Waals surface area contributed by atoms with Gasteiger partial charge in [-0.2, -0.15) is 0 Å². The van der Waals surface area contributed by atoms with Gasteiger partial charge >= 0.3 is 5.97 Å². The van der Waals surface area contributed by atoms with E-state index in [1.807, 2.05) is 30.3 Å². The summed E-state index contributed by atoms with van der Waals surface area (Å²) in [5.41, 5.74) is -0.491. The van der Waals surface area contributed by atoms with Crippen molar-refractivity contribution in [3.8, 4) is 0 Å². The summed E-state index contributed by atoms with van der Waals surface area (Å²) in [7, 11) is 0. The molecule has 4 saturated heterocycles. The Morgan fingerprint density at radius 1 is 1.17 bits per heavy atom. The molecule has 4 aliphatic heterocycles. The predicted octanol–water partition coefficient (Wildman–Crippen LogP) is 1.83. The zero-order valence-electron chi connectivity index (χ0n) is 27.3. The number of allylic oxidation sites excluding steroid dienone is 1. The van der Waals surface area contributed by atoms with Crippen molar-refractivity contribution in [2.75, 3.05) is 65.7 Å². The van der Waals surface area contributed by atoms with Crippen LogP contribution in [0.1, 0.15) is 37.3 Å². The molecule has 1 spiro atoms. The van der Waals surface area contributed by atoms with Crippen LogP contribution in [0.15, 0.2) is 55.6 Å². The van der Waals surface area contributed by atoms with E-state index in [4.69, 9.17) is 14.2 Å². The van der Waals surface area contributed by atoms with Crippen LogP contribution in [0, 0.1) is 11.8 Å². The van der Waals surface area contributed by atoms with Crippen LogP contribution in [0.2, 0.25) is 0 Å². The van der Waals surface area contributed by atoms with Gasteiger partial charge in [-0.05, 0) is 24.8 Å². The van der Waals surface area contributed by atoms with E-state index in [0.29, 0.717) is 39.1 Å². The summed E-state index contributed by atoms with van der Waals surface area (Å²) < 4.78 is 17.7. The fourth-order valence-corrected chi connectivity index (χ4v) is 8.48. The molecule has 262 valence electrons. The van der Waals surface area contributed by atoms with E-state index >= 15 is 0 Å². The van der Waals surface area contributed by atoms with E-state index in [2.05, 4.69) is 39.3 Å². The number of nitrogens with zero attached hydrogens (tertiary/aromatic N) is 3. The number of aliphatic hydroxyl groups excluding tert-OH is 1. The Hall–Kier alpha value is -3.10. The van der Waals surface area contributed by atoms with Crippen molar-refractivity contribution in [3.63, 3.8) is 0 Å². The molecule has 0 saturated carbocycles. The summed E-state index contributed by atoms with van der Waals surface area (Å²) in [4.78, 5) is 60.7. The van der Waals surface area contributed by atoms with E-state index in [9.17, 15) is 24.3 Å². The largest absolute Gasteiger partial charge is 0.463 e. The Bertz CT molecular complexity index is 1330. The number of carbonyl (C=O) groups is 4. The number of halogens is 1. The summed E-state index contributed by atoms with van der Waals surface area (Å²) in [5, 5.41) is 12.8. The fourth-order valence-electron chi connectivity index (χ4n) is 7.54. The lowest BCUT2D eigenvalue weighted by Gasteiger charge is -2.38. The number of esters is 1. The number of carbonyl (C=O) groups excluding carboxylic acids is 4. The van der Waals surface area contributed by atoms with Crippen molar-refractivity contribution in [1.29, 1.82) is 0 Å². The minimum absolute atomic E-state index is 0.0884. The molecule has 1 unspecified atom stereocenters. The number of alkyl halides is 1. The number of morpholine rings is 1. The maximum absolute atomic E-state index is 14.6. The first-order chi connectivity index (χ1) is 23.2. The van der Waals surface area contributed by atoms with Crippen LogP contribution in [0.3, 0.4) is 0 Å². The molecule has 4 heterocycles. The number of amides is 3. The van der Waals surface area contributed by atoms with Gasteiger partial charge in [0.25, 0.3) is 0 Å². The first-order valence-corrected chi connectivity index (χ1v) is 17.7. The van der Waals surface area contributed by atoms with Crippen LogP contribution >= 0.6 is 15.9 Å². The first kappa shape index (κ1) is 36.2. The zero-order valence-corrected chi connectivity index (χ0v) is 28.9. The molecular formula is C35H47BrN4O8. The number of fused-ring (bicyclic) bond motifs is 1. The monoisotopic (exact) mass is 730 g/mol. The maximum Gasteiger partial charge on any atom is 0.306 e. The van der Waals surface area contributed by atoms with Gasteiger partial charge in [0.2, 0.25) is 17.7 Å². The van der Waals surface area contributed by atoms with Gasteiger partial charge < -0.3 is 34.4 Å². The van der Waals surface area contributed by atoms with Gasteiger partial charge in [-0.25, -0.2) is 0 Å².